The maximum absolute atomic E-state index is 5.87. The van der Waals surface area contributed by atoms with E-state index in [1.807, 2.05) is 6.08 Å². The van der Waals surface area contributed by atoms with Crippen LogP contribution in [0.1, 0.15) is 26.7 Å². The van der Waals surface area contributed by atoms with Crippen LogP contribution >= 0.6 is 0 Å². The summed E-state index contributed by atoms with van der Waals surface area (Å²) in [4.78, 5) is 2.46. The zero-order valence-corrected chi connectivity index (χ0v) is 10.7. The summed E-state index contributed by atoms with van der Waals surface area (Å²) in [7, 11) is 0. The van der Waals surface area contributed by atoms with Gasteiger partial charge < -0.3 is 10.1 Å². The molecular formula is C13H26N2O. The van der Waals surface area contributed by atoms with Crippen molar-refractivity contribution in [2.24, 2.45) is 0 Å². The Hall–Kier alpha value is -0.380. The van der Waals surface area contributed by atoms with E-state index in [9.17, 15) is 0 Å². The van der Waals surface area contributed by atoms with E-state index < -0.39 is 0 Å². The molecular weight excluding hydrogens is 200 g/mol. The van der Waals surface area contributed by atoms with Crippen LogP contribution in [0.4, 0.5) is 0 Å². The van der Waals surface area contributed by atoms with Gasteiger partial charge in [-0.15, -0.1) is 6.58 Å². The highest BCUT2D eigenvalue weighted by molar-refractivity contribution is 4.87. The monoisotopic (exact) mass is 226 g/mol. The van der Waals surface area contributed by atoms with Crippen LogP contribution in [0.5, 0.6) is 0 Å². The van der Waals surface area contributed by atoms with E-state index in [4.69, 9.17) is 4.74 Å². The van der Waals surface area contributed by atoms with Crippen molar-refractivity contribution in [2.45, 2.75) is 38.8 Å². The van der Waals surface area contributed by atoms with E-state index in [0.29, 0.717) is 12.1 Å². The summed E-state index contributed by atoms with van der Waals surface area (Å²) in [5.41, 5.74) is 0. The van der Waals surface area contributed by atoms with E-state index in [1.165, 1.54) is 0 Å². The molecule has 0 aromatic carbocycles. The van der Waals surface area contributed by atoms with Crippen LogP contribution in [0.3, 0.4) is 0 Å². The van der Waals surface area contributed by atoms with Gasteiger partial charge in [-0.1, -0.05) is 19.9 Å². The predicted molar refractivity (Wildman–Crippen MR) is 68.7 cm³/mol. The lowest BCUT2D eigenvalue weighted by Crippen LogP contribution is -2.52. The third kappa shape index (κ3) is 4.24. The summed E-state index contributed by atoms with van der Waals surface area (Å²) < 4.78 is 5.87. The van der Waals surface area contributed by atoms with Crippen molar-refractivity contribution in [3.8, 4) is 0 Å². The van der Waals surface area contributed by atoms with Crippen molar-refractivity contribution >= 4 is 0 Å². The lowest BCUT2D eigenvalue weighted by molar-refractivity contribution is -0.0442. The van der Waals surface area contributed by atoms with E-state index in [2.05, 4.69) is 30.6 Å². The van der Waals surface area contributed by atoms with Gasteiger partial charge in [0.05, 0.1) is 12.7 Å². The number of hydrogen-bond acceptors (Lipinski definition) is 3. The molecule has 0 aliphatic carbocycles. The number of rotatable bonds is 7. The summed E-state index contributed by atoms with van der Waals surface area (Å²) in [5.74, 6) is 0. The van der Waals surface area contributed by atoms with Gasteiger partial charge in [0.2, 0.25) is 0 Å². The number of nitrogens with one attached hydrogen (secondary N) is 1. The molecule has 0 spiro atoms. The van der Waals surface area contributed by atoms with Gasteiger partial charge in [-0.05, 0) is 25.9 Å². The van der Waals surface area contributed by atoms with E-state index in [-0.39, 0.29) is 0 Å². The maximum Gasteiger partial charge on any atom is 0.0858 e. The molecule has 94 valence electrons. The normalized spacial score (nSPS) is 24.2. The smallest absolute Gasteiger partial charge is 0.0858 e. The average Bonchev–Trinajstić information content (AvgIpc) is 2.34. The van der Waals surface area contributed by atoms with Crippen LogP contribution in [0.15, 0.2) is 12.7 Å². The Kier molecular flexibility index (Phi) is 6.69. The van der Waals surface area contributed by atoms with E-state index in [1.54, 1.807) is 0 Å². The lowest BCUT2D eigenvalue weighted by atomic mass is 10.1. The summed E-state index contributed by atoms with van der Waals surface area (Å²) >= 11 is 0. The number of likely N-dealkylation sites (N-methyl/N-ethyl adjacent to an activating group) is 1. The molecule has 0 saturated carbocycles. The Morgan fingerprint density at radius 2 is 2.38 bits per heavy atom. The number of nitrogens with zero attached hydrogens (tertiary/aromatic N) is 1. The summed E-state index contributed by atoms with van der Waals surface area (Å²) in [6, 6.07) is 0.423. The Labute approximate surface area is 99.8 Å². The molecule has 1 aliphatic rings. The first-order valence-electron chi connectivity index (χ1n) is 6.50. The summed E-state index contributed by atoms with van der Waals surface area (Å²) in [6.07, 6.45) is 4.46. The molecule has 0 aromatic rings. The van der Waals surface area contributed by atoms with Crippen LogP contribution in [-0.2, 0) is 4.74 Å². The molecule has 1 N–H and O–H groups in total. The fourth-order valence-electron chi connectivity index (χ4n) is 2.14. The SMILES string of the molecule is C=CCC(NCCC)C1CN(CC)CCO1. The number of hydrogen-bond donors (Lipinski definition) is 1. The Morgan fingerprint density at radius 1 is 1.56 bits per heavy atom. The number of morpholine rings is 1. The first kappa shape index (κ1) is 13.7. The second-order valence-electron chi connectivity index (χ2n) is 4.39. The predicted octanol–water partition coefficient (Wildman–Crippen LogP) is 1.65. The zero-order chi connectivity index (χ0) is 11.8. The highest BCUT2D eigenvalue weighted by atomic mass is 16.5. The largest absolute Gasteiger partial charge is 0.374 e. The Morgan fingerprint density at radius 3 is 3.00 bits per heavy atom. The highest BCUT2D eigenvalue weighted by Crippen LogP contribution is 2.11. The minimum atomic E-state index is 0.318. The molecule has 1 fully saturated rings. The molecule has 1 rings (SSSR count). The lowest BCUT2D eigenvalue weighted by Gasteiger charge is -2.36. The molecule has 16 heavy (non-hydrogen) atoms. The molecule has 0 bridgehead atoms. The number of ether oxygens (including phenoxy) is 1. The second kappa shape index (κ2) is 7.82. The van der Waals surface area contributed by atoms with Crippen LogP contribution < -0.4 is 5.32 Å². The van der Waals surface area contributed by atoms with Crippen LogP contribution in [0.25, 0.3) is 0 Å². The molecule has 1 heterocycles. The summed E-state index contributed by atoms with van der Waals surface area (Å²) in [6.45, 7) is 13.4. The average molecular weight is 226 g/mol. The second-order valence-corrected chi connectivity index (χ2v) is 4.39. The van der Waals surface area contributed by atoms with Gasteiger partial charge in [0.1, 0.15) is 0 Å². The third-order valence-corrected chi connectivity index (χ3v) is 3.15. The third-order valence-electron chi connectivity index (χ3n) is 3.15. The topological polar surface area (TPSA) is 24.5 Å². The molecule has 1 aliphatic heterocycles. The van der Waals surface area contributed by atoms with Gasteiger partial charge >= 0.3 is 0 Å². The van der Waals surface area contributed by atoms with E-state index >= 15 is 0 Å². The fraction of sp³-hybridized carbons (Fsp3) is 0.846. The van der Waals surface area contributed by atoms with Crippen molar-refractivity contribution in [3.05, 3.63) is 12.7 Å². The van der Waals surface area contributed by atoms with Crippen LogP contribution in [0, 0.1) is 0 Å². The standard InChI is InChI=1S/C13H26N2O/c1-4-7-12(14-8-5-2)13-11-15(6-3)9-10-16-13/h4,12-14H,1,5-11H2,2-3H3. The molecule has 0 radical (unpaired) electrons. The molecule has 2 unspecified atom stereocenters. The molecule has 0 amide bonds. The molecule has 0 aromatic heterocycles. The van der Waals surface area contributed by atoms with Crippen molar-refractivity contribution in [3.63, 3.8) is 0 Å². The van der Waals surface area contributed by atoms with Crippen molar-refractivity contribution in [1.29, 1.82) is 0 Å². The van der Waals surface area contributed by atoms with Crippen LogP contribution in [0.2, 0.25) is 0 Å². The van der Waals surface area contributed by atoms with Gasteiger partial charge in [-0.25, -0.2) is 0 Å². The van der Waals surface area contributed by atoms with Crippen LogP contribution in [-0.4, -0.2) is 49.8 Å². The van der Waals surface area contributed by atoms with Gasteiger partial charge in [-0.2, -0.15) is 0 Å². The fourth-order valence-corrected chi connectivity index (χ4v) is 2.14. The van der Waals surface area contributed by atoms with Gasteiger partial charge in [0.15, 0.2) is 0 Å². The quantitative estimate of drug-likeness (QED) is 0.668. The van der Waals surface area contributed by atoms with E-state index in [0.717, 1.165) is 45.6 Å². The van der Waals surface area contributed by atoms with Crippen molar-refractivity contribution < 1.29 is 4.74 Å². The summed E-state index contributed by atoms with van der Waals surface area (Å²) in [5, 5.41) is 3.56. The first-order chi connectivity index (χ1) is 7.81. The minimum absolute atomic E-state index is 0.318. The molecule has 3 nitrogen and oxygen atoms in total. The maximum atomic E-state index is 5.87. The zero-order valence-electron chi connectivity index (χ0n) is 10.7. The first-order valence-corrected chi connectivity index (χ1v) is 6.50. The van der Waals surface area contributed by atoms with Gasteiger partial charge in [0.25, 0.3) is 0 Å². The van der Waals surface area contributed by atoms with Gasteiger partial charge in [-0.3, -0.25) is 4.90 Å². The van der Waals surface area contributed by atoms with Crippen molar-refractivity contribution in [2.75, 3.05) is 32.8 Å². The molecule has 1 saturated heterocycles. The molecule has 3 heteroatoms. The minimum Gasteiger partial charge on any atom is -0.374 e. The van der Waals surface area contributed by atoms with Gasteiger partial charge in [0, 0.05) is 19.1 Å². The van der Waals surface area contributed by atoms with Crippen molar-refractivity contribution in [1.82, 2.24) is 10.2 Å². The Bertz CT molecular complexity index is 196. The molecule has 2 atom stereocenters. The highest BCUT2D eigenvalue weighted by Gasteiger charge is 2.26. The Balaban J connectivity index is 2.44.